The Morgan fingerprint density at radius 3 is 2.14 bits per heavy atom. The summed E-state index contributed by atoms with van der Waals surface area (Å²) in [5.74, 6) is 0.125. The minimum atomic E-state index is -0.884. The summed E-state index contributed by atoms with van der Waals surface area (Å²) in [6.45, 7) is 7.06. The summed E-state index contributed by atoms with van der Waals surface area (Å²) in [6.07, 6.45) is -0.00463. The van der Waals surface area contributed by atoms with E-state index in [1.54, 1.807) is 0 Å². The van der Waals surface area contributed by atoms with Gasteiger partial charge in [0.15, 0.2) is 0 Å². The van der Waals surface area contributed by atoms with Crippen LogP contribution in [0.5, 0.6) is 0 Å². The summed E-state index contributed by atoms with van der Waals surface area (Å²) in [7, 11) is 0. The van der Waals surface area contributed by atoms with Crippen LogP contribution < -0.4 is 0 Å². The highest BCUT2D eigenvalue weighted by atomic mass is 19.1. The molecule has 0 rings (SSSR count). The van der Waals surface area contributed by atoms with Crippen LogP contribution in [0.3, 0.4) is 0 Å². The molecule has 0 amide bonds. The summed E-state index contributed by atoms with van der Waals surface area (Å²) in [5.41, 5.74) is 0. The first kappa shape index (κ1) is 6.93. The third-order valence-corrected chi connectivity index (χ3v) is 1.26. The van der Waals surface area contributed by atoms with Gasteiger partial charge in [-0.15, -0.1) is 0 Å². The number of alkyl halides is 1. The molecule has 44 valence electrons. The topological polar surface area (TPSA) is 0 Å². The Bertz CT molecular complexity index is 41.4. The van der Waals surface area contributed by atoms with Gasteiger partial charge in [-0.1, -0.05) is 20.3 Å². The SMILES string of the molecule is [CH2-]C(F)C(C)CC. The molecule has 0 radical (unpaired) electrons. The smallest absolute Gasteiger partial charge is 0.0212 e. The highest BCUT2D eigenvalue weighted by Gasteiger charge is 1.99. The summed E-state index contributed by atoms with van der Waals surface area (Å²) in [4.78, 5) is 0. The van der Waals surface area contributed by atoms with Gasteiger partial charge in [0.05, 0.1) is 0 Å². The zero-order chi connectivity index (χ0) is 5.86. The Labute approximate surface area is 44.7 Å². The molecule has 0 aromatic heterocycles. The van der Waals surface area contributed by atoms with Gasteiger partial charge in [0.25, 0.3) is 0 Å². The van der Waals surface area contributed by atoms with Crippen molar-refractivity contribution in [1.29, 1.82) is 0 Å². The first-order valence-electron chi connectivity index (χ1n) is 2.65. The Morgan fingerprint density at radius 1 is 1.71 bits per heavy atom. The van der Waals surface area contributed by atoms with Crippen molar-refractivity contribution in [3.8, 4) is 0 Å². The van der Waals surface area contributed by atoms with E-state index in [1.807, 2.05) is 13.8 Å². The quantitative estimate of drug-likeness (QED) is 0.470. The van der Waals surface area contributed by atoms with Crippen LogP contribution in [0, 0.1) is 12.8 Å². The van der Waals surface area contributed by atoms with Crippen molar-refractivity contribution in [2.45, 2.75) is 26.4 Å². The predicted octanol–water partition coefficient (Wildman–Crippen LogP) is 2.20. The molecule has 0 saturated carbocycles. The molecule has 7 heavy (non-hydrogen) atoms. The number of halogens is 1. The van der Waals surface area contributed by atoms with Crippen molar-refractivity contribution >= 4 is 0 Å². The molecular weight excluding hydrogens is 91.1 g/mol. The van der Waals surface area contributed by atoms with E-state index in [1.165, 1.54) is 0 Å². The second-order valence-electron chi connectivity index (χ2n) is 1.90. The number of rotatable bonds is 2. The van der Waals surface area contributed by atoms with Crippen LogP contribution in [0.1, 0.15) is 20.3 Å². The van der Waals surface area contributed by atoms with Gasteiger partial charge in [0, 0.05) is 0 Å². The third-order valence-electron chi connectivity index (χ3n) is 1.26. The minimum absolute atomic E-state index is 0.125. The zero-order valence-corrected chi connectivity index (χ0v) is 4.95. The van der Waals surface area contributed by atoms with E-state index in [4.69, 9.17) is 0 Å². The maximum Gasteiger partial charge on any atom is -0.0212 e. The van der Waals surface area contributed by atoms with Gasteiger partial charge in [-0.05, 0) is 12.1 Å². The highest BCUT2D eigenvalue weighted by molar-refractivity contribution is 4.63. The largest absolute Gasteiger partial charge is 0.309 e. The molecule has 0 aliphatic carbocycles. The molecule has 2 atom stereocenters. The molecule has 0 nitrogen and oxygen atoms in total. The molecule has 1 heteroatoms. The Kier molecular flexibility index (Phi) is 2.97. The molecule has 0 aromatic rings. The lowest BCUT2D eigenvalue weighted by Crippen LogP contribution is -2.05. The molecule has 0 aliphatic heterocycles. The van der Waals surface area contributed by atoms with Crippen molar-refractivity contribution in [3.05, 3.63) is 6.92 Å². The molecular formula is C6H12F-. The number of hydrogen-bond donors (Lipinski definition) is 0. The monoisotopic (exact) mass is 103 g/mol. The lowest BCUT2D eigenvalue weighted by Gasteiger charge is -2.13. The first-order valence-corrected chi connectivity index (χ1v) is 2.65. The summed E-state index contributed by atoms with van der Waals surface area (Å²) in [6, 6.07) is 0. The van der Waals surface area contributed by atoms with Gasteiger partial charge < -0.3 is 6.92 Å². The lowest BCUT2D eigenvalue weighted by atomic mass is 10.1. The maximum absolute atomic E-state index is 12.0. The fourth-order valence-electron chi connectivity index (χ4n) is 0.256. The molecule has 0 heterocycles. The number of hydrogen-bond acceptors (Lipinski definition) is 0. The highest BCUT2D eigenvalue weighted by Crippen LogP contribution is 2.08. The Balaban J connectivity index is 3.14. The van der Waals surface area contributed by atoms with Gasteiger partial charge in [-0.2, -0.15) is 0 Å². The average molecular weight is 103 g/mol. The molecule has 0 aliphatic rings. The van der Waals surface area contributed by atoms with Crippen LogP contribution >= 0.6 is 0 Å². The van der Waals surface area contributed by atoms with Crippen LogP contribution in [-0.2, 0) is 0 Å². The third kappa shape index (κ3) is 2.60. The molecule has 0 saturated heterocycles. The molecule has 0 N–H and O–H groups in total. The lowest BCUT2D eigenvalue weighted by molar-refractivity contribution is 0.288. The normalized spacial score (nSPS) is 18.9. The van der Waals surface area contributed by atoms with E-state index < -0.39 is 6.17 Å². The second kappa shape index (κ2) is 3.00. The van der Waals surface area contributed by atoms with Gasteiger partial charge in [0.1, 0.15) is 0 Å². The zero-order valence-electron chi connectivity index (χ0n) is 4.95. The van der Waals surface area contributed by atoms with Crippen molar-refractivity contribution in [2.75, 3.05) is 0 Å². The van der Waals surface area contributed by atoms with Gasteiger partial charge in [-0.3, -0.25) is 4.39 Å². The molecule has 0 fully saturated rings. The summed E-state index contributed by atoms with van der Waals surface area (Å²) in [5, 5.41) is 0. The van der Waals surface area contributed by atoms with Crippen LogP contribution in [0.25, 0.3) is 0 Å². The summed E-state index contributed by atoms with van der Waals surface area (Å²) < 4.78 is 12.0. The van der Waals surface area contributed by atoms with E-state index in [0.29, 0.717) is 0 Å². The Hall–Kier alpha value is -0.0700. The van der Waals surface area contributed by atoms with Gasteiger partial charge in [-0.25, -0.2) is 0 Å². The molecule has 2 unspecified atom stereocenters. The van der Waals surface area contributed by atoms with Crippen molar-refractivity contribution in [2.24, 2.45) is 5.92 Å². The Morgan fingerprint density at radius 2 is 2.14 bits per heavy atom. The van der Waals surface area contributed by atoms with Crippen molar-refractivity contribution in [3.63, 3.8) is 0 Å². The first-order chi connectivity index (χ1) is 3.18. The van der Waals surface area contributed by atoms with Crippen molar-refractivity contribution < 1.29 is 4.39 Å². The van der Waals surface area contributed by atoms with Gasteiger partial charge in [0.2, 0.25) is 0 Å². The van der Waals surface area contributed by atoms with Crippen LogP contribution in [0.15, 0.2) is 0 Å². The standard InChI is InChI=1S/C6H12F/c1-4-5(2)6(3)7/h5-6H,3-4H2,1-2H3/q-1. The van der Waals surface area contributed by atoms with Crippen LogP contribution in [0.4, 0.5) is 4.39 Å². The van der Waals surface area contributed by atoms with E-state index in [-0.39, 0.29) is 5.92 Å². The molecule has 0 bridgehead atoms. The molecule has 0 spiro atoms. The van der Waals surface area contributed by atoms with Crippen LogP contribution in [-0.4, -0.2) is 6.17 Å². The fraction of sp³-hybridized carbons (Fsp3) is 0.833. The fourth-order valence-corrected chi connectivity index (χ4v) is 0.256. The maximum atomic E-state index is 12.0. The van der Waals surface area contributed by atoms with E-state index in [9.17, 15) is 4.39 Å². The van der Waals surface area contributed by atoms with Crippen LogP contribution in [0.2, 0.25) is 0 Å². The average Bonchev–Trinajstić information content (AvgIpc) is 1.65. The second-order valence-corrected chi connectivity index (χ2v) is 1.90. The van der Waals surface area contributed by atoms with Crippen molar-refractivity contribution in [1.82, 2.24) is 0 Å². The van der Waals surface area contributed by atoms with Gasteiger partial charge >= 0.3 is 0 Å². The van der Waals surface area contributed by atoms with E-state index >= 15 is 0 Å². The van der Waals surface area contributed by atoms with E-state index in [2.05, 4.69) is 6.92 Å². The molecule has 0 aromatic carbocycles. The summed E-state index contributed by atoms with van der Waals surface area (Å²) >= 11 is 0. The minimum Gasteiger partial charge on any atom is -0.309 e. The van der Waals surface area contributed by atoms with E-state index in [0.717, 1.165) is 6.42 Å². The predicted molar refractivity (Wildman–Crippen MR) is 29.7 cm³/mol.